The van der Waals surface area contributed by atoms with Crippen molar-refractivity contribution in [2.75, 3.05) is 6.61 Å². The Labute approximate surface area is 128 Å². The lowest BCUT2D eigenvalue weighted by Crippen LogP contribution is -2.18. The van der Waals surface area contributed by atoms with Gasteiger partial charge in [0.2, 0.25) is 5.76 Å². The second-order valence-corrected chi connectivity index (χ2v) is 5.93. The molecule has 0 aromatic carbocycles. The summed E-state index contributed by atoms with van der Waals surface area (Å²) in [5, 5.41) is 6.63. The molecule has 5 nitrogen and oxygen atoms in total. The second-order valence-electron chi connectivity index (χ2n) is 5.93. The summed E-state index contributed by atoms with van der Waals surface area (Å²) in [4.78, 5) is 11.9. The van der Waals surface area contributed by atoms with Crippen LogP contribution in [0.4, 0.5) is 13.2 Å². The Morgan fingerprint density at radius 1 is 1.48 bits per heavy atom. The standard InChI is InChI=1S/C15H13F3N2O3/c1-2-22-13(21)12-10(15(16,17)18)9-8(23-12)5-14(3-4-14)7-6-19-20-11(7)9/h6H,2-5H2,1H3,(H,19,20). The van der Waals surface area contributed by atoms with Gasteiger partial charge in [-0.25, -0.2) is 4.79 Å². The van der Waals surface area contributed by atoms with Crippen LogP contribution in [-0.2, 0) is 22.7 Å². The summed E-state index contributed by atoms with van der Waals surface area (Å²) in [6.45, 7) is 1.50. The van der Waals surface area contributed by atoms with Crippen molar-refractivity contribution in [1.82, 2.24) is 10.2 Å². The average Bonchev–Trinajstić information content (AvgIpc) is 2.91. The number of alkyl halides is 3. The maximum absolute atomic E-state index is 13.6. The monoisotopic (exact) mass is 326 g/mol. The number of aromatic amines is 1. The van der Waals surface area contributed by atoms with Crippen molar-refractivity contribution >= 4 is 5.97 Å². The lowest BCUT2D eigenvalue weighted by atomic mass is 9.82. The van der Waals surface area contributed by atoms with Crippen LogP contribution in [0.5, 0.6) is 0 Å². The number of furan rings is 1. The van der Waals surface area contributed by atoms with Gasteiger partial charge in [-0.1, -0.05) is 0 Å². The van der Waals surface area contributed by atoms with Gasteiger partial charge in [0.25, 0.3) is 0 Å². The van der Waals surface area contributed by atoms with Crippen LogP contribution in [0, 0.1) is 0 Å². The summed E-state index contributed by atoms with van der Waals surface area (Å²) in [7, 11) is 0. The minimum Gasteiger partial charge on any atom is -0.460 e. The number of nitrogens with one attached hydrogen (secondary N) is 1. The van der Waals surface area contributed by atoms with Crippen LogP contribution in [0.1, 0.15) is 47.2 Å². The number of ether oxygens (including phenoxy) is 1. The molecule has 2 aliphatic carbocycles. The van der Waals surface area contributed by atoms with Gasteiger partial charge in [-0.15, -0.1) is 0 Å². The first kappa shape index (κ1) is 14.3. The summed E-state index contributed by atoms with van der Waals surface area (Å²) in [6.07, 6.45) is -1.01. The summed E-state index contributed by atoms with van der Waals surface area (Å²) in [5.41, 5.74) is -0.423. The van der Waals surface area contributed by atoms with E-state index in [-0.39, 0.29) is 29.0 Å². The predicted octanol–water partition coefficient (Wildman–Crippen LogP) is 3.45. The molecule has 1 fully saturated rings. The molecule has 122 valence electrons. The molecule has 2 aromatic heterocycles. The number of nitrogens with zero attached hydrogens (tertiary/aromatic N) is 1. The highest BCUT2D eigenvalue weighted by Gasteiger charge is 2.54. The normalized spacial score (nSPS) is 17.7. The highest BCUT2D eigenvalue weighted by Crippen LogP contribution is 2.59. The predicted molar refractivity (Wildman–Crippen MR) is 71.9 cm³/mol. The molecule has 0 amide bonds. The summed E-state index contributed by atoms with van der Waals surface area (Å²) in [5.74, 6) is -1.72. The van der Waals surface area contributed by atoms with Gasteiger partial charge in [-0.3, -0.25) is 5.10 Å². The lowest BCUT2D eigenvalue weighted by Gasteiger charge is -2.20. The van der Waals surface area contributed by atoms with Gasteiger partial charge in [0, 0.05) is 23.6 Å². The smallest absolute Gasteiger partial charge is 0.421 e. The van der Waals surface area contributed by atoms with Gasteiger partial charge in [0.05, 0.1) is 17.9 Å². The molecule has 8 heteroatoms. The number of aromatic nitrogens is 2. The molecule has 2 heterocycles. The van der Waals surface area contributed by atoms with Crippen LogP contribution >= 0.6 is 0 Å². The highest BCUT2D eigenvalue weighted by molar-refractivity contribution is 5.92. The highest BCUT2D eigenvalue weighted by atomic mass is 19.4. The van der Waals surface area contributed by atoms with Gasteiger partial charge < -0.3 is 9.15 Å². The molecule has 23 heavy (non-hydrogen) atoms. The fraction of sp³-hybridized carbons (Fsp3) is 0.467. The minimum atomic E-state index is -4.73. The summed E-state index contributed by atoms with van der Waals surface area (Å²) in [6, 6.07) is 0. The molecule has 0 radical (unpaired) electrons. The van der Waals surface area contributed by atoms with Gasteiger partial charge in [0.1, 0.15) is 11.3 Å². The molecule has 4 rings (SSSR count). The maximum atomic E-state index is 13.6. The molecule has 0 atom stereocenters. The average molecular weight is 326 g/mol. The largest absolute Gasteiger partial charge is 0.460 e. The zero-order valence-electron chi connectivity index (χ0n) is 12.2. The first-order valence-corrected chi connectivity index (χ1v) is 7.32. The molecule has 1 N–H and O–H groups in total. The van der Waals surface area contributed by atoms with Gasteiger partial charge >= 0.3 is 12.1 Å². The Hall–Kier alpha value is -2.25. The Morgan fingerprint density at radius 2 is 2.22 bits per heavy atom. The van der Waals surface area contributed by atoms with E-state index in [1.54, 1.807) is 6.20 Å². The Kier molecular flexibility index (Phi) is 2.74. The number of fused-ring (bicyclic) bond motifs is 4. The lowest BCUT2D eigenvalue weighted by molar-refractivity contribution is -0.138. The van der Waals surface area contributed by atoms with Crippen molar-refractivity contribution in [1.29, 1.82) is 0 Å². The van der Waals surface area contributed by atoms with E-state index in [0.29, 0.717) is 6.42 Å². The molecule has 1 spiro atoms. The summed E-state index contributed by atoms with van der Waals surface area (Å²) >= 11 is 0. The minimum absolute atomic E-state index is 0.0287. The fourth-order valence-electron chi connectivity index (χ4n) is 3.35. The molecule has 0 bridgehead atoms. The number of carbonyl (C=O) groups is 1. The van der Waals surface area contributed by atoms with Gasteiger partial charge in [0.15, 0.2) is 0 Å². The number of carbonyl (C=O) groups excluding carboxylic acids is 1. The SMILES string of the molecule is CCOC(=O)c1oc2c(c1C(F)(F)F)-c1n[nH]cc1C1(CC1)C2. The van der Waals surface area contributed by atoms with Crippen molar-refractivity contribution in [3.8, 4) is 11.3 Å². The number of H-pyrrole nitrogens is 1. The zero-order valence-corrected chi connectivity index (χ0v) is 12.2. The Morgan fingerprint density at radius 3 is 2.83 bits per heavy atom. The third-order valence-electron chi connectivity index (χ3n) is 4.53. The third-order valence-corrected chi connectivity index (χ3v) is 4.53. The van der Waals surface area contributed by atoms with Crippen LogP contribution < -0.4 is 0 Å². The van der Waals surface area contributed by atoms with Crippen LogP contribution in [-0.4, -0.2) is 22.8 Å². The number of hydrogen-bond donors (Lipinski definition) is 1. The third kappa shape index (κ3) is 1.93. The van der Waals surface area contributed by atoms with Crippen molar-refractivity contribution in [2.24, 2.45) is 0 Å². The molecule has 2 aromatic rings. The number of esters is 1. The topological polar surface area (TPSA) is 68.1 Å². The van der Waals surface area contributed by atoms with E-state index >= 15 is 0 Å². The van der Waals surface area contributed by atoms with E-state index in [4.69, 9.17) is 9.15 Å². The molecule has 1 saturated carbocycles. The fourth-order valence-corrected chi connectivity index (χ4v) is 3.35. The van der Waals surface area contributed by atoms with Crippen LogP contribution in [0.3, 0.4) is 0 Å². The Bertz CT molecular complexity index is 799. The van der Waals surface area contributed by atoms with Crippen molar-refractivity contribution in [3.05, 3.63) is 28.8 Å². The molecule has 0 saturated heterocycles. The number of hydrogen-bond acceptors (Lipinski definition) is 4. The van der Waals surface area contributed by atoms with E-state index in [1.165, 1.54) is 6.92 Å². The second kappa shape index (κ2) is 4.39. The first-order valence-electron chi connectivity index (χ1n) is 7.32. The van der Waals surface area contributed by atoms with E-state index in [1.807, 2.05) is 0 Å². The molecule has 0 unspecified atom stereocenters. The molecule has 0 aliphatic heterocycles. The van der Waals surface area contributed by atoms with E-state index < -0.39 is 23.5 Å². The van der Waals surface area contributed by atoms with E-state index in [0.717, 1.165) is 18.4 Å². The van der Waals surface area contributed by atoms with E-state index in [2.05, 4.69) is 10.2 Å². The van der Waals surface area contributed by atoms with E-state index in [9.17, 15) is 18.0 Å². The molecule has 2 aliphatic rings. The number of rotatable bonds is 2. The first-order chi connectivity index (χ1) is 10.9. The van der Waals surface area contributed by atoms with Crippen LogP contribution in [0.15, 0.2) is 10.6 Å². The summed E-state index contributed by atoms with van der Waals surface area (Å²) < 4.78 is 50.8. The quantitative estimate of drug-likeness (QED) is 0.858. The molecular weight excluding hydrogens is 313 g/mol. The Balaban J connectivity index is 1.96. The maximum Gasteiger partial charge on any atom is 0.421 e. The zero-order chi connectivity index (χ0) is 16.4. The van der Waals surface area contributed by atoms with Gasteiger partial charge in [-0.05, 0) is 19.8 Å². The molecular formula is C15H13F3N2O3. The van der Waals surface area contributed by atoms with Crippen LogP contribution in [0.25, 0.3) is 11.3 Å². The number of halogens is 3. The van der Waals surface area contributed by atoms with Crippen LogP contribution in [0.2, 0.25) is 0 Å². The van der Waals surface area contributed by atoms with Crippen molar-refractivity contribution in [3.63, 3.8) is 0 Å². The van der Waals surface area contributed by atoms with Crippen molar-refractivity contribution in [2.45, 2.75) is 37.8 Å². The van der Waals surface area contributed by atoms with Crippen molar-refractivity contribution < 1.29 is 27.1 Å². The van der Waals surface area contributed by atoms with Gasteiger partial charge in [-0.2, -0.15) is 18.3 Å².